The van der Waals surface area contributed by atoms with Crippen LogP contribution in [0.3, 0.4) is 0 Å². The minimum absolute atomic E-state index is 0.0917. The molecule has 0 aromatic heterocycles. The van der Waals surface area contributed by atoms with Crippen molar-refractivity contribution in [3.05, 3.63) is 22.2 Å². The van der Waals surface area contributed by atoms with Crippen LogP contribution in [0.1, 0.15) is 37.0 Å². The maximum Gasteiger partial charge on any atom is 0.309 e. The zero-order chi connectivity index (χ0) is 15.5. The van der Waals surface area contributed by atoms with Gasteiger partial charge in [0, 0.05) is 22.6 Å². The Morgan fingerprint density at radius 2 is 2.05 bits per heavy atom. The minimum Gasteiger partial charge on any atom is -0.496 e. The van der Waals surface area contributed by atoms with Gasteiger partial charge in [0.2, 0.25) is 0 Å². The molecule has 0 heterocycles. The maximum atomic E-state index is 12.4. The minimum atomic E-state index is -1.09. The second-order valence-corrected chi connectivity index (χ2v) is 5.75. The Kier molecular flexibility index (Phi) is 5.16. The lowest BCUT2D eigenvalue weighted by atomic mass is 9.81. The molecule has 20 heavy (non-hydrogen) atoms. The number of carbonyl (C=O) groups excluding carboxylic acids is 1. The van der Waals surface area contributed by atoms with Crippen molar-refractivity contribution in [3.8, 4) is 5.75 Å². The van der Waals surface area contributed by atoms with Crippen LogP contribution in [-0.4, -0.2) is 24.0 Å². The van der Waals surface area contributed by atoms with E-state index in [1.165, 1.54) is 7.11 Å². The topological polar surface area (TPSA) is 89.6 Å². The van der Waals surface area contributed by atoms with Crippen LogP contribution in [0.15, 0.2) is 16.6 Å². The normalized spacial score (nSPS) is 13.6. The van der Waals surface area contributed by atoms with Crippen LogP contribution >= 0.6 is 15.9 Å². The van der Waals surface area contributed by atoms with E-state index >= 15 is 0 Å². The summed E-state index contributed by atoms with van der Waals surface area (Å²) in [6.07, 6.45) is 0.276. The largest absolute Gasteiger partial charge is 0.496 e. The molecule has 0 spiro atoms. The first-order chi connectivity index (χ1) is 9.25. The van der Waals surface area contributed by atoms with Crippen LogP contribution in [0.4, 0.5) is 5.69 Å². The molecule has 1 aromatic rings. The third-order valence-electron chi connectivity index (χ3n) is 3.47. The molecule has 5 nitrogen and oxygen atoms in total. The predicted molar refractivity (Wildman–Crippen MR) is 80.1 cm³/mol. The van der Waals surface area contributed by atoms with Gasteiger partial charge in [-0.2, -0.15) is 0 Å². The summed E-state index contributed by atoms with van der Waals surface area (Å²) in [6.45, 7) is 3.31. The van der Waals surface area contributed by atoms with E-state index in [4.69, 9.17) is 10.5 Å². The summed E-state index contributed by atoms with van der Waals surface area (Å²) >= 11 is 3.25. The highest BCUT2D eigenvalue weighted by molar-refractivity contribution is 9.10. The van der Waals surface area contributed by atoms with Crippen molar-refractivity contribution >= 4 is 33.4 Å². The number of anilines is 1. The summed E-state index contributed by atoms with van der Waals surface area (Å²) in [5, 5.41) is 9.24. The fraction of sp³-hybridized carbons (Fsp3) is 0.429. The van der Waals surface area contributed by atoms with Gasteiger partial charge >= 0.3 is 5.97 Å². The molecule has 1 atom stereocenters. The summed E-state index contributed by atoms with van der Waals surface area (Å²) in [7, 11) is 1.44. The van der Waals surface area contributed by atoms with Crippen molar-refractivity contribution in [1.82, 2.24) is 0 Å². The van der Waals surface area contributed by atoms with Crippen LogP contribution in [0, 0.1) is 5.41 Å². The molecule has 0 aliphatic rings. The zero-order valence-electron chi connectivity index (χ0n) is 11.7. The van der Waals surface area contributed by atoms with Crippen LogP contribution in [0.5, 0.6) is 5.75 Å². The number of hydrogen-bond donors (Lipinski definition) is 2. The Hall–Kier alpha value is -1.56. The zero-order valence-corrected chi connectivity index (χ0v) is 13.3. The van der Waals surface area contributed by atoms with Crippen LogP contribution in [-0.2, 0) is 4.79 Å². The summed E-state index contributed by atoms with van der Waals surface area (Å²) in [6, 6.07) is 3.11. The van der Waals surface area contributed by atoms with Gasteiger partial charge in [-0.1, -0.05) is 6.92 Å². The van der Waals surface area contributed by atoms with Gasteiger partial charge in [-0.25, -0.2) is 0 Å². The van der Waals surface area contributed by atoms with E-state index in [-0.39, 0.29) is 12.2 Å². The summed E-state index contributed by atoms with van der Waals surface area (Å²) in [4.78, 5) is 23.6. The Morgan fingerprint density at radius 1 is 1.45 bits per heavy atom. The Morgan fingerprint density at radius 3 is 2.50 bits per heavy atom. The molecule has 1 aromatic carbocycles. The highest BCUT2D eigenvalue weighted by Gasteiger charge is 2.34. The van der Waals surface area contributed by atoms with E-state index in [1.807, 2.05) is 0 Å². The number of Topliss-reactive ketones (excluding diaryl/α,β-unsaturated/α-hetero) is 1. The number of halogens is 1. The van der Waals surface area contributed by atoms with Crippen molar-refractivity contribution < 1.29 is 19.4 Å². The van der Waals surface area contributed by atoms with E-state index in [9.17, 15) is 14.7 Å². The van der Waals surface area contributed by atoms with E-state index in [0.29, 0.717) is 27.9 Å². The van der Waals surface area contributed by atoms with Crippen molar-refractivity contribution in [1.29, 1.82) is 0 Å². The molecule has 1 rings (SSSR count). The maximum absolute atomic E-state index is 12.4. The molecule has 0 radical (unpaired) electrons. The number of hydrogen-bond acceptors (Lipinski definition) is 4. The number of methoxy groups -OCH3 is 1. The molecular weight excluding hydrogens is 326 g/mol. The Bertz CT molecular complexity index is 544. The molecule has 0 aliphatic heterocycles. The molecule has 0 amide bonds. The number of carboxylic acids is 1. The molecule has 0 bridgehead atoms. The first-order valence-electron chi connectivity index (χ1n) is 6.14. The summed E-state index contributed by atoms with van der Waals surface area (Å²) in [5.41, 5.74) is 5.43. The smallest absolute Gasteiger partial charge is 0.309 e. The number of carbonyl (C=O) groups is 2. The molecule has 0 aliphatic carbocycles. The Balaban J connectivity index is 3.15. The Labute approximate surface area is 126 Å². The van der Waals surface area contributed by atoms with Crippen LogP contribution in [0.25, 0.3) is 0 Å². The molecule has 6 heteroatoms. The second kappa shape index (κ2) is 6.26. The third-order valence-corrected chi connectivity index (χ3v) is 4.15. The summed E-state index contributed by atoms with van der Waals surface area (Å²) < 4.78 is 5.72. The predicted octanol–water partition coefficient (Wildman–Crippen LogP) is 3.11. The molecule has 0 saturated heterocycles. The van der Waals surface area contributed by atoms with Crippen molar-refractivity contribution in [3.63, 3.8) is 0 Å². The second-order valence-electron chi connectivity index (χ2n) is 4.89. The van der Waals surface area contributed by atoms with Gasteiger partial charge in [-0.05, 0) is 35.3 Å². The van der Waals surface area contributed by atoms with E-state index in [1.54, 1.807) is 26.0 Å². The molecule has 0 saturated carbocycles. The average molecular weight is 344 g/mol. The number of nitrogen functional groups attached to an aromatic ring is 1. The van der Waals surface area contributed by atoms with E-state index in [0.717, 1.165) is 0 Å². The first-order valence-corrected chi connectivity index (χ1v) is 6.94. The first kappa shape index (κ1) is 16.5. The standard InChI is InChI=1S/C14H18BrNO4/c1-4-14(2,13(18)19)7-11(17)8-5-9(15)10(16)6-12(8)20-3/h5-6H,4,7,16H2,1-3H3,(H,18,19)/t14-/m0/s1. The van der Waals surface area contributed by atoms with Crippen molar-refractivity contribution in [2.24, 2.45) is 5.41 Å². The number of nitrogens with two attached hydrogens (primary N) is 1. The van der Waals surface area contributed by atoms with Crippen LogP contribution < -0.4 is 10.5 Å². The molecule has 3 N–H and O–H groups in total. The van der Waals surface area contributed by atoms with Crippen LogP contribution in [0.2, 0.25) is 0 Å². The number of ether oxygens (including phenoxy) is 1. The SMILES string of the molecule is CC[C@@](C)(CC(=O)c1cc(Br)c(N)cc1OC)C(=O)O. The van der Waals surface area contributed by atoms with Gasteiger partial charge < -0.3 is 15.6 Å². The monoisotopic (exact) mass is 343 g/mol. The van der Waals surface area contributed by atoms with Gasteiger partial charge in [0.15, 0.2) is 5.78 Å². The fourth-order valence-electron chi connectivity index (χ4n) is 1.76. The number of carboxylic acid groups (broad SMARTS) is 1. The van der Waals surface area contributed by atoms with Gasteiger partial charge in [-0.15, -0.1) is 0 Å². The number of rotatable bonds is 6. The highest BCUT2D eigenvalue weighted by atomic mass is 79.9. The quantitative estimate of drug-likeness (QED) is 0.611. The number of benzene rings is 1. The average Bonchev–Trinajstić information content (AvgIpc) is 2.40. The lowest BCUT2D eigenvalue weighted by molar-refractivity contribution is -0.148. The van der Waals surface area contributed by atoms with Crippen molar-refractivity contribution in [2.75, 3.05) is 12.8 Å². The molecular formula is C14H18BrNO4. The van der Waals surface area contributed by atoms with Gasteiger partial charge in [0.05, 0.1) is 18.1 Å². The third kappa shape index (κ3) is 3.30. The molecule has 110 valence electrons. The van der Waals surface area contributed by atoms with Gasteiger partial charge in [0.1, 0.15) is 5.75 Å². The van der Waals surface area contributed by atoms with Gasteiger partial charge in [-0.3, -0.25) is 9.59 Å². The molecule has 0 fully saturated rings. The number of ketones is 1. The van der Waals surface area contributed by atoms with E-state index < -0.39 is 11.4 Å². The molecule has 0 unspecified atom stereocenters. The lowest BCUT2D eigenvalue weighted by Gasteiger charge is -2.22. The fourth-order valence-corrected chi connectivity index (χ4v) is 2.10. The van der Waals surface area contributed by atoms with Crippen molar-refractivity contribution in [2.45, 2.75) is 26.7 Å². The van der Waals surface area contributed by atoms with E-state index in [2.05, 4.69) is 15.9 Å². The number of aliphatic carboxylic acids is 1. The van der Waals surface area contributed by atoms with Gasteiger partial charge in [0.25, 0.3) is 0 Å². The highest BCUT2D eigenvalue weighted by Crippen LogP contribution is 2.34. The lowest BCUT2D eigenvalue weighted by Crippen LogP contribution is -2.29. The summed E-state index contributed by atoms with van der Waals surface area (Å²) in [5.74, 6) is -0.921.